The Morgan fingerprint density at radius 3 is 2.68 bits per heavy atom. The molecule has 2 rings (SSSR count). The topological polar surface area (TPSA) is 82.8 Å². The number of nitrogens with two attached hydrogens (primary N) is 1. The summed E-state index contributed by atoms with van der Waals surface area (Å²) in [6.45, 7) is 1.87. The molecule has 0 saturated heterocycles. The van der Waals surface area contributed by atoms with E-state index in [1.54, 1.807) is 17.9 Å². The van der Waals surface area contributed by atoms with E-state index in [1.807, 2.05) is 6.92 Å². The Kier molecular flexibility index (Phi) is 3.31. The Morgan fingerprint density at radius 2 is 2.16 bits per heavy atom. The van der Waals surface area contributed by atoms with Crippen LogP contribution in [0, 0.1) is 0 Å². The van der Waals surface area contributed by atoms with Gasteiger partial charge in [0, 0.05) is 18.8 Å². The van der Waals surface area contributed by atoms with Crippen molar-refractivity contribution in [1.82, 2.24) is 19.9 Å². The summed E-state index contributed by atoms with van der Waals surface area (Å²) in [7, 11) is 1.70. The first-order chi connectivity index (χ1) is 8.82. The highest BCUT2D eigenvalue weighted by atomic mass is 19.4. The van der Waals surface area contributed by atoms with Gasteiger partial charge < -0.3 is 10.3 Å². The molecule has 0 aromatic carbocycles. The molecule has 9 heteroatoms. The first-order valence-corrected chi connectivity index (χ1v) is 5.51. The van der Waals surface area contributed by atoms with E-state index in [-0.39, 0.29) is 5.82 Å². The second-order valence-corrected chi connectivity index (χ2v) is 3.99. The molecular weight excluding hydrogens is 263 g/mol. The SMILES string of the molecule is CCc1nn(C)cc1C(N)c1noc(C(F)(F)F)n1. The second-order valence-electron chi connectivity index (χ2n) is 3.99. The third-order valence-corrected chi connectivity index (χ3v) is 2.57. The molecule has 0 aliphatic rings. The Morgan fingerprint density at radius 1 is 1.47 bits per heavy atom. The van der Waals surface area contributed by atoms with Gasteiger partial charge in [0.1, 0.15) is 0 Å². The number of halogens is 3. The highest BCUT2D eigenvalue weighted by molar-refractivity contribution is 5.26. The maximum atomic E-state index is 12.4. The van der Waals surface area contributed by atoms with Gasteiger partial charge in [0.25, 0.3) is 0 Å². The summed E-state index contributed by atoms with van der Waals surface area (Å²) in [5.41, 5.74) is 7.13. The lowest BCUT2D eigenvalue weighted by molar-refractivity contribution is -0.159. The zero-order valence-corrected chi connectivity index (χ0v) is 10.3. The minimum absolute atomic E-state index is 0.213. The van der Waals surface area contributed by atoms with E-state index in [0.717, 1.165) is 0 Å². The van der Waals surface area contributed by atoms with Crippen LogP contribution in [0.1, 0.15) is 35.9 Å². The van der Waals surface area contributed by atoms with E-state index in [2.05, 4.69) is 19.8 Å². The number of hydrogen-bond donors (Lipinski definition) is 1. The van der Waals surface area contributed by atoms with Gasteiger partial charge in [-0.15, -0.1) is 0 Å². The van der Waals surface area contributed by atoms with Crippen molar-refractivity contribution >= 4 is 0 Å². The molecule has 0 aliphatic heterocycles. The molecule has 2 N–H and O–H groups in total. The van der Waals surface area contributed by atoms with Crippen LogP contribution in [-0.4, -0.2) is 19.9 Å². The van der Waals surface area contributed by atoms with E-state index in [0.29, 0.717) is 17.7 Å². The normalized spacial score (nSPS) is 13.8. The van der Waals surface area contributed by atoms with Gasteiger partial charge in [0.15, 0.2) is 5.82 Å². The molecule has 0 bridgehead atoms. The van der Waals surface area contributed by atoms with Crippen molar-refractivity contribution in [3.63, 3.8) is 0 Å². The summed E-state index contributed by atoms with van der Waals surface area (Å²) in [6.07, 6.45) is -2.44. The molecule has 19 heavy (non-hydrogen) atoms. The summed E-state index contributed by atoms with van der Waals surface area (Å²) < 4.78 is 42.8. The number of hydrogen-bond acceptors (Lipinski definition) is 5. The molecule has 0 aliphatic carbocycles. The molecule has 2 aromatic rings. The average molecular weight is 275 g/mol. The molecule has 1 atom stereocenters. The van der Waals surface area contributed by atoms with Crippen LogP contribution in [0.25, 0.3) is 0 Å². The fourth-order valence-electron chi connectivity index (χ4n) is 1.70. The van der Waals surface area contributed by atoms with Crippen molar-refractivity contribution in [2.24, 2.45) is 12.8 Å². The molecule has 104 valence electrons. The largest absolute Gasteiger partial charge is 0.471 e. The van der Waals surface area contributed by atoms with Crippen molar-refractivity contribution in [1.29, 1.82) is 0 Å². The monoisotopic (exact) mass is 275 g/mol. The van der Waals surface area contributed by atoms with Crippen LogP contribution in [0.4, 0.5) is 13.2 Å². The Hall–Kier alpha value is -1.90. The van der Waals surface area contributed by atoms with Gasteiger partial charge in [0.05, 0.1) is 11.7 Å². The number of aromatic nitrogens is 4. The maximum Gasteiger partial charge on any atom is 0.471 e. The van der Waals surface area contributed by atoms with Crippen LogP contribution in [-0.2, 0) is 19.6 Å². The number of nitrogens with zero attached hydrogens (tertiary/aromatic N) is 4. The van der Waals surface area contributed by atoms with E-state index in [9.17, 15) is 13.2 Å². The van der Waals surface area contributed by atoms with Gasteiger partial charge in [-0.2, -0.15) is 23.3 Å². The fourth-order valence-corrected chi connectivity index (χ4v) is 1.70. The Labute approximate surface area is 106 Å². The van der Waals surface area contributed by atoms with Gasteiger partial charge in [-0.1, -0.05) is 12.1 Å². The molecule has 2 heterocycles. The summed E-state index contributed by atoms with van der Waals surface area (Å²) in [5, 5.41) is 7.44. The molecule has 1 unspecified atom stereocenters. The highest BCUT2D eigenvalue weighted by Crippen LogP contribution is 2.29. The number of aryl methyl sites for hydroxylation is 2. The third kappa shape index (κ3) is 2.60. The average Bonchev–Trinajstić information content (AvgIpc) is 2.93. The van der Waals surface area contributed by atoms with Crippen molar-refractivity contribution in [3.8, 4) is 0 Å². The smallest absolute Gasteiger partial charge is 0.329 e. The summed E-state index contributed by atoms with van der Waals surface area (Å²) >= 11 is 0. The van der Waals surface area contributed by atoms with Crippen LogP contribution >= 0.6 is 0 Å². The van der Waals surface area contributed by atoms with Gasteiger partial charge in [-0.3, -0.25) is 4.68 Å². The summed E-state index contributed by atoms with van der Waals surface area (Å²) in [6, 6.07) is -0.900. The lowest BCUT2D eigenvalue weighted by Crippen LogP contribution is -2.15. The Bertz CT molecular complexity index is 574. The van der Waals surface area contributed by atoms with Crippen LogP contribution < -0.4 is 5.73 Å². The minimum Gasteiger partial charge on any atom is -0.329 e. The molecule has 0 spiro atoms. The fraction of sp³-hybridized carbons (Fsp3) is 0.500. The quantitative estimate of drug-likeness (QED) is 0.916. The van der Waals surface area contributed by atoms with Crippen molar-refractivity contribution in [2.45, 2.75) is 25.6 Å². The molecule has 0 radical (unpaired) electrons. The van der Waals surface area contributed by atoms with Crippen LogP contribution in [0.15, 0.2) is 10.7 Å². The van der Waals surface area contributed by atoms with Crippen LogP contribution in [0.2, 0.25) is 0 Å². The first-order valence-electron chi connectivity index (χ1n) is 5.51. The summed E-state index contributed by atoms with van der Waals surface area (Å²) in [4.78, 5) is 3.28. The van der Waals surface area contributed by atoms with E-state index < -0.39 is 18.1 Å². The van der Waals surface area contributed by atoms with E-state index in [1.165, 1.54) is 0 Å². The highest BCUT2D eigenvalue weighted by Gasteiger charge is 2.39. The van der Waals surface area contributed by atoms with Gasteiger partial charge >= 0.3 is 12.1 Å². The van der Waals surface area contributed by atoms with Gasteiger partial charge in [0.2, 0.25) is 0 Å². The molecule has 0 amide bonds. The lowest BCUT2D eigenvalue weighted by Gasteiger charge is -2.05. The zero-order chi connectivity index (χ0) is 14.2. The van der Waals surface area contributed by atoms with Crippen LogP contribution in [0.3, 0.4) is 0 Å². The zero-order valence-electron chi connectivity index (χ0n) is 10.3. The first kappa shape index (κ1) is 13.5. The second kappa shape index (κ2) is 4.65. The third-order valence-electron chi connectivity index (χ3n) is 2.57. The van der Waals surface area contributed by atoms with Crippen LogP contribution in [0.5, 0.6) is 0 Å². The van der Waals surface area contributed by atoms with Gasteiger partial charge in [-0.05, 0) is 6.42 Å². The number of alkyl halides is 3. The summed E-state index contributed by atoms with van der Waals surface area (Å²) in [5.74, 6) is -1.62. The predicted octanol–water partition coefficient (Wildman–Crippen LogP) is 1.43. The molecule has 0 saturated carbocycles. The van der Waals surface area contributed by atoms with Crippen molar-refractivity contribution < 1.29 is 17.7 Å². The van der Waals surface area contributed by atoms with E-state index in [4.69, 9.17) is 5.73 Å². The standard InChI is InChI=1S/C10H12F3N5O/c1-3-6-5(4-18(2)16-6)7(14)8-15-9(19-17-8)10(11,12)13/h4,7H,3,14H2,1-2H3. The Balaban J connectivity index is 2.33. The van der Waals surface area contributed by atoms with Gasteiger partial charge in [-0.25, -0.2) is 0 Å². The molecule has 2 aromatic heterocycles. The van der Waals surface area contributed by atoms with E-state index >= 15 is 0 Å². The molecular formula is C10H12F3N5O. The van der Waals surface area contributed by atoms with Crippen molar-refractivity contribution in [3.05, 3.63) is 29.2 Å². The molecule has 0 fully saturated rings. The predicted molar refractivity (Wildman–Crippen MR) is 57.9 cm³/mol. The van der Waals surface area contributed by atoms with Crippen molar-refractivity contribution in [2.75, 3.05) is 0 Å². The maximum absolute atomic E-state index is 12.4. The minimum atomic E-state index is -4.67. The lowest BCUT2D eigenvalue weighted by atomic mass is 10.1. The molecule has 6 nitrogen and oxygen atoms in total. The number of rotatable bonds is 3.